The third-order valence-corrected chi connectivity index (χ3v) is 2.39. The van der Waals surface area contributed by atoms with Gasteiger partial charge in [-0.25, -0.2) is 4.79 Å². The molecule has 0 aliphatic carbocycles. The second-order valence-electron chi connectivity index (χ2n) is 3.23. The van der Waals surface area contributed by atoms with Gasteiger partial charge in [0, 0.05) is 12.2 Å². The maximum Gasteiger partial charge on any atom is 0.339 e. The highest BCUT2D eigenvalue weighted by atomic mass is 35.5. The molecule has 1 rings (SSSR count). The van der Waals surface area contributed by atoms with E-state index in [1.165, 1.54) is 7.11 Å². The van der Waals surface area contributed by atoms with Crippen LogP contribution in [0.4, 0.5) is 5.69 Å². The van der Waals surface area contributed by atoms with Crippen LogP contribution in [0.2, 0.25) is 0 Å². The van der Waals surface area contributed by atoms with E-state index in [9.17, 15) is 9.90 Å². The molecule has 0 fully saturated rings. The van der Waals surface area contributed by atoms with Crippen LogP contribution in [0.3, 0.4) is 0 Å². The molecule has 1 aromatic carbocycles. The van der Waals surface area contributed by atoms with Gasteiger partial charge in [-0.3, -0.25) is 0 Å². The summed E-state index contributed by atoms with van der Waals surface area (Å²) in [6, 6.07) is 6.94. The Morgan fingerprint density at radius 1 is 1.56 bits per heavy atom. The predicted molar refractivity (Wildman–Crippen MR) is 63.0 cm³/mol. The van der Waals surface area contributed by atoms with Crippen LogP contribution in [-0.4, -0.2) is 36.7 Å². The Labute approximate surface area is 99.2 Å². The summed E-state index contributed by atoms with van der Waals surface area (Å²) in [6.45, 7) is 0.289. The molecule has 0 aromatic heterocycles. The third kappa shape index (κ3) is 3.40. The monoisotopic (exact) mass is 243 g/mol. The fourth-order valence-corrected chi connectivity index (χ4v) is 1.32. The van der Waals surface area contributed by atoms with Gasteiger partial charge in [-0.15, -0.1) is 11.6 Å². The van der Waals surface area contributed by atoms with Crippen molar-refractivity contribution in [3.63, 3.8) is 0 Å². The van der Waals surface area contributed by atoms with Gasteiger partial charge in [0.1, 0.15) is 0 Å². The number of halogens is 1. The fraction of sp³-hybridized carbons (Fsp3) is 0.364. The van der Waals surface area contributed by atoms with Crippen LogP contribution in [0.25, 0.3) is 0 Å². The number of methoxy groups -OCH3 is 1. The molecule has 0 saturated carbocycles. The van der Waals surface area contributed by atoms with Crippen molar-refractivity contribution in [1.29, 1.82) is 0 Å². The summed E-state index contributed by atoms with van der Waals surface area (Å²) in [5.74, 6) is -0.267. The number of anilines is 1. The number of rotatable bonds is 5. The van der Waals surface area contributed by atoms with Gasteiger partial charge in [0.15, 0.2) is 0 Å². The molecule has 16 heavy (non-hydrogen) atoms. The minimum absolute atomic E-state index is 0.146. The van der Waals surface area contributed by atoms with Crippen molar-refractivity contribution in [1.82, 2.24) is 0 Å². The van der Waals surface area contributed by atoms with Crippen LogP contribution in [0.15, 0.2) is 24.3 Å². The van der Waals surface area contributed by atoms with Crippen molar-refractivity contribution in [2.45, 2.75) is 6.10 Å². The molecule has 1 aromatic rings. The summed E-state index contributed by atoms with van der Waals surface area (Å²) in [4.78, 5) is 11.4. The number of alkyl halides is 1. The lowest BCUT2D eigenvalue weighted by Gasteiger charge is -2.12. The van der Waals surface area contributed by atoms with Crippen molar-refractivity contribution < 1.29 is 14.6 Å². The topological polar surface area (TPSA) is 58.6 Å². The van der Waals surface area contributed by atoms with E-state index < -0.39 is 12.1 Å². The van der Waals surface area contributed by atoms with Crippen molar-refractivity contribution in [2.75, 3.05) is 24.9 Å². The van der Waals surface area contributed by atoms with Gasteiger partial charge >= 0.3 is 5.97 Å². The van der Waals surface area contributed by atoms with E-state index in [1.54, 1.807) is 24.3 Å². The highest BCUT2D eigenvalue weighted by Gasteiger charge is 2.11. The molecule has 1 unspecified atom stereocenters. The molecular weight excluding hydrogens is 230 g/mol. The number of benzene rings is 1. The Bertz CT molecular complexity index is 357. The lowest BCUT2D eigenvalue weighted by molar-refractivity contribution is 0.0601. The largest absolute Gasteiger partial charge is 0.465 e. The predicted octanol–water partition coefficient (Wildman–Crippen LogP) is 1.48. The number of carbonyl (C=O) groups is 1. The van der Waals surface area contributed by atoms with E-state index in [0.717, 1.165) is 0 Å². The Morgan fingerprint density at radius 2 is 2.25 bits per heavy atom. The minimum atomic E-state index is -0.646. The maximum atomic E-state index is 11.4. The smallest absolute Gasteiger partial charge is 0.339 e. The number of esters is 1. The molecule has 1 atom stereocenters. The highest BCUT2D eigenvalue weighted by Crippen LogP contribution is 2.15. The molecule has 5 heteroatoms. The molecule has 0 radical (unpaired) electrons. The number of hydrogen-bond donors (Lipinski definition) is 2. The van der Waals surface area contributed by atoms with Crippen molar-refractivity contribution in [3.8, 4) is 0 Å². The van der Waals surface area contributed by atoms with Crippen LogP contribution >= 0.6 is 11.6 Å². The molecule has 0 aliphatic rings. The first kappa shape index (κ1) is 12.8. The van der Waals surface area contributed by atoms with Gasteiger partial charge in [-0.05, 0) is 12.1 Å². The quantitative estimate of drug-likeness (QED) is 0.608. The van der Waals surface area contributed by atoms with Crippen LogP contribution in [0, 0.1) is 0 Å². The number of aliphatic hydroxyl groups excluding tert-OH is 1. The van der Waals surface area contributed by atoms with E-state index >= 15 is 0 Å². The second kappa shape index (κ2) is 6.35. The van der Waals surface area contributed by atoms with E-state index in [1.807, 2.05) is 0 Å². The van der Waals surface area contributed by atoms with Crippen molar-refractivity contribution in [3.05, 3.63) is 29.8 Å². The summed E-state index contributed by atoms with van der Waals surface area (Å²) < 4.78 is 4.64. The Hall–Kier alpha value is -1.26. The van der Waals surface area contributed by atoms with Crippen LogP contribution in [-0.2, 0) is 4.74 Å². The zero-order valence-corrected chi connectivity index (χ0v) is 9.70. The molecule has 88 valence electrons. The maximum absolute atomic E-state index is 11.4. The first-order valence-electron chi connectivity index (χ1n) is 4.84. The molecule has 0 heterocycles. The van der Waals surface area contributed by atoms with Gasteiger partial charge in [0.25, 0.3) is 0 Å². The average molecular weight is 244 g/mol. The molecular formula is C11H14ClNO3. The molecule has 0 bridgehead atoms. The standard InChI is InChI=1S/C11H14ClNO3/c1-16-11(15)9-4-2-3-5-10(9)13-7-8(14)6-12/h2-5,8,13-14H,6-7H2,1H3. The zero-order chi connectivity index (χ0) is 12.0. The number of nitrogens with one attached hydrogen (secondary N) is 1. The average Bonchev–Trinajstić information content (AvgIpc) is 2.35. The van der Waals surface area contributed by atoms with E-state index in [4.69, 9.17) is 11.6 Å². The van der Waals surface area contributed by atoms with Crippen LogP contribution in [0.5, 0.6) is 0 Å². The normalized spacial score (nSPS) is 11.9. The Morgan fingerprint density at radius 3 is 2.88 bits per heavy atom. The van der Waals surface area contributed by atoms with Crippen LogP contribution in [0.1, 0.15) is 10.4 Å². The lowest BCUT2D eigenvalue weighted by atomic mass is 10.2. The van der Waals surface area contributed by atoms with E-state index in [0.29, 0.717) is 11.3 Å². The molecule has 0 spiro atoms. The van der Waals surface area contributed by atoms with Gasteiger partial charge < -0.3 is 15.2 Å². The lowest BCUT2D eigenvalue weighted by Crippen LogP contribution is -2.21. The van der Waals surface area contributed by atoms with E-state index in [-0.39, 0.29) is 12.4 Å². The zero-order valence-electron chi connectivity index (χ0n) is 8.94. The van der Waals surface area contributed by atoms with Gasteiger partial charge in [0.2, 0.25) is 0 Å². The van der Waals surface area contributed by atoms with Crippen molar-refractivity contribution >= 4 is 23.3 Å². The van der Waals surface area contributed by atoms with Gasteiger partial charge in [0.05, 0.1) is 24.7 Å². The van der Waals surface area contributed by atoms with Crippen molar-refractivity contribution in [2.24, 2.45) is 0 Å². The summed E-state index contributed by atoms with van der Waals surface area (Å²) in [6.07, 6.45) is -0.646. The number of ether oxygens (including phenoxy) is 1. The number of aliphatic hydroxyl groups is 1. The molecule has 0 aliphatic heterocycles. The Balaban J connectivity index is 2.75. The fourth-order valence-electron chi connectivity index (χ4n) is 1.21. The summed E-state index contributed by atoms with van der Waals surface area (Å²) >= 11 is 5.47. The SMILES string of the molecule is COC(=O)c1ccccc1NCC(O)CCl. The summed E-state index contributed by atoms with van der Waals surface area (Å²) in [7, 11) is 1.33. The number of para-hydroxylation sites is 1. The van der Waals surface area contributed by atoms with Gasteiger partial charge in [-0.2, -0.15) is 0 Å². The van der Waals surface area contributed by atoms with Gasteiger partial charge in [-0.1, -0.05) is 12.1 Å². The van der Waals surface area contributed by atoms with Crippen LogP contribution < -0.4 is 5.32 Å². The third-order valence-electron chi connectivity index (χ3n) is 2.04. The number of hydrogen-bond acceptors (Lipinski definition) is 4. The molecule has 2 N–H and O–H groups in total. The Kier molecular flexibility index (Phi) is 5.08. The summed E-state index contributed by atoms with van der Waals surface area (Å²) in [5, 5.41) is 12.2. The number of carbonyl (C=O) groups excluding carboxylic acids is 1. The second-order valence-corrected chi connectivity index (χ2v) is 3.53. The molecule has 0 saturated heterocycles. The van der Waals surface area contributed by atoms with E-state index in [2.05, 4.69) is 10.1 Å². The highest BCUT2D eigenvalue weighted by molar-refractivity contribution is 6.18. The minimum Gasteiger partial charge on any atom is -0.465 e. The first-order valence-corrected chi connectivity index (χ1v) is 5.37. The first-order chi connectivity index (χ1) is 7.69. The summed E-state index contributed by atoms with van der Waals surface area (Å²) in [5.41, 5.74) is 1.06. The molecule has 0 amide bonds. The molecule has 4 nitrogen and oxygen atoms in total.